The van der Waals surface area contributed by atoms with Gasteiger partial charge in [0, 0.05) is 24.8 Å². The Bertz CT molecular complexity index is 1690. The molecule has 0 aromatic heterocycles. The number of hydrogen-bond acceptors (Lipinski definition) is 8. The van der Waals surface area contributed by atoms with E-state index >= 15 is 0 Å². The van der Waals surface area contributed by atoms with Gasteiger partial charge in [-0.05, 0) is 72.0 Å². The summed E-state index contributed by atoms with van der Waals surface area (Å²) in [6.45, 7) is 0.239. The van der Waals surface area contributed by atoms with Gasteiger partial charge in [0.25, 0.3) is 5.69 Å². The number of methoxy groups -OCH3 is 1. The minimum absolute atomic E-state index is 0.140. The predicted octanol–water partition coefficient (Wildman–Crippen LogP) is 5.27. The second kappa shape index (κ2) is 12.8. The van der Waals surface area contributed by atoms with Crippen molar-refractivity contribution in [3.8, 4) is 5.75 Å². The van der Waals surface area contributed by atoms with Gasteiger partial charge < -0.3 is 19.5 Å². The van der Waals surface area contributed by atoms with E-state index < -0.39 is 47.7 Å². The molecule has 2 saturated heterocycles. The number of carbonyl (C=O) groups is 2. The Kier molecular flexibility index (Phi) is 8.66. The summed E-state index contributed by atoms with van der Waals surface area (Å²) in [5.74, 6) is -2.56. The van der Waals surface area contributed by atoms with E-state index in [1.165, 1.54) is 24.3 Å². The summed E-state index contributed by atoms with van der Waals surface area (Å²) in [4.78, 5) is 39.6. The first-order valence-corrected chi connectivity index (χ1v) is 15.0. The zero-order valence-electron chi connectivity index (χ0n) is 24.7. The number of benzene rings is 3. The van der Waals surface area contributed by atoms with Gasteiger partial charge in [0.05, 0.1) is 35.2 Å². The van der Waals surface area contributed by atoms with E-state index in [4.69, 9.17) is 9.39 Å². The molecule has 2 amide bonds. The number of allylic oxidation sites excluding steroid dienone is 1. The fourth-order valence-corrected chi connectivity index (χ4v) is 7.11. The van der Waals surface area contributed by atoms with Crippen LogP contribution < -0.4 is 4.90 Å². The number of para-hydroxylation sites is 1. The molecular weight excluding hydrogens is 575 g/mol. The van der Waals surface area contributed by atoms with E-state index in [9.17, 15) is 29.8 Å². The Labute approximate surface area is 260 Å². The summed E-state index contributed by atoms with van der Waals surface area (Å²) >= 11 is 0. The van der Waals surface area contributed by atoms with Gasteiger partial charge in [-0.1, -0.05) is 54.6 Å². The van der Waals surface area contributed by atoms with Crippen LogP contribution in [0.3, 0.4) is 0 Å². The Morgan fingerprint density at radius 1 is 1.07 bits per heavy atom. The van der Waals surface area contributed by atoms with Gasteiger partial charge in [-0.2, -0.15) is 0 Å². The van der Waals surface area contributed by atoms with Gasteiger partial charge in [-0.25, -0.2) is 4.90 Å². The van der Waals surface area contributed by atoms with Gasteiger partial charge >= 0.3 is 7.12 Å². The van der Waals surface area contributed by atoms with Gasteiger partial charge in [0.1, 0.15) is 5.75 Å². The highest BCUT2D eigenvalue weighted by Crippen LogP contribution is 2.51. The highest BCUT2D eigenvalue weighted by atomic mass is 16.6. The second-order valence-electron chi connectivity index (χ2n) is 11.7. The summed E-state index contributed by atoms with van der Waals surface area (Å²) in [6.07, 6.45) is 2.83. The number of non-ortho nitro benzene ring substituents is 1. The number of imide groups is 1. The maximum Gasteiger partial charge on any atom is 0.455 e. The molecular formula is C34H33BN2O8. The summed E-state index contributed by atoms with van der Waals surface area (Å²) in [7, 11) is 0.422. The molecule has 45 heavy (non-hydrogen) atoms. The van der Waals surface area contributed by atoms with Crippen molar-refractivity contribution < 1.29 is 34.0 Å². The largest absolute Gasteiger partial charge is 0.507 e. The lowest BCUT2D eigenvalue weighted by atomic mass is 9.58. The van der Waals surface area contributed by atoms with Crippen LogP contribution in [0, 0.1) is 27.9 Å². The molecule has 1 aliphatic carbocycles. The van der Waals surface area contributed by atoms with Crippen LogP contribution in [0.5, 0.6) is 5.75 Å². The molecule has 10 nitrogen and oxygen atoms in total. The van der Waals surface area contributed by atoms with Crippen molar-refractivity contribution in [1.82, 2.24) is 0 Å². The molecule has 2 N–H and O–H groups in total. The number of ether oxygens (including phenoxy) is 1. The lowest BCUT2D eigenvalue weighted by Crippen LogP contribution is -2.46. The van der Waals surface area contributed by atoms with Crippen molar-refractivity contribution in [3.05, 3.63) is 111 Å². The van der Waals surface area contributed by atoms with Crippen LogP contribution in [0.1, 0.15) is 30.4 Å². The lowest BCUT2D eigenvalue weighted by molar-refractivity contribution is -0.384. The fourth-order valence-electron chi connectivity index (χ4n) is 7.11. The topological polar surface area (TPSA) is 139 Å². The van der Waals surface area contributed by atoms with Crippen molar-refractivity contribution in [1.29, 1.82) is 0 Å². The van der Waals surface area contributed by atoms with E-state index in [2.05, 4.69) is 0 Å². The molecule has 0 bridgehead atoms. The Morgan fingerprint density at radius 3 is 2.56 bits per heavy atom. The number of carbonyl (C=O) groups excluding carboxylic acids is 2. The predicted molar refractivity (Wildman–Crippen MR) is 169 cm³/mol. The number of phenols is 1. The van der Waals surface area contributed by atoms with Crippen molar-refractivity contribution in [2.75, 3.05) is 18.6 Å². The first kappa shape index (κ1) is 30.5. The monoisotopic (exact) mass is 608 g/mol. The van der Waals surface area contributed by atoms with Gasteiger partial charge in [-0.3, -0.25) is 19.7 Å². The number of amides is 2. The van der Waals surface area contributed by atoms with E-state index in [1.807, 2.05) is 48.5 Å². The van der Waals surface area contributed by atoms with Crippen LogP contribution in [-0.2, 0) is 19.0 Å². The fraction of sp³-hybridized carbons (Fsp3) is 0.294. The molecule has 2 fully saturated rings. The SMILES string of the molecule is COCC1=C2[C@@H](CC/C(=C/c3ccccc3O)c3ccccc3)OB(O)C[C@@H]2[C@@H]2C(=O)N(c3cccc([N+](=O)[O-])c3)C(=O)[C@@H]2C1. The van der Waals surface area contributed by atoms with E-state index in [1.54, 1.807) is 19.2 Å². The minimum atomic E-state index is -1.15. The summed E-state index contributed by atoms with van der Waals surface area (Å²) in [5, 5.41) is 32.8. The molecule has 2 aliphatic heterocycles. The van der Waals surface area contributed by atoms with Crippen LogP contribution >= 0.6 is 0 Å². The highest BCUT2D eigenvalue weighted by Gasteiger charge is 2.57. The number of nitrogens with zero attached hydrogens (tertiary/aromatic N) is 2. The average molecular weight is 608 g/mol. The van der Waals surface area contributed by atoms with Crippen LogP contribution in [0.15, 0.2) is 90.0 Å². The zero-order chi connectivity index (χ0) is 31.7. The molecule has 230 valence electrons. The Morgan fingerprint density at radius 2 is 1.82 bits per heavy atom. The molecule has 0 radical (unpaired) electrons. The Hall–Kier alpha value is -4.58. The smallest absolute Gasteiger partial charge is 0.455 e. The summed E-state index contributed by atoms with van der Waals surface area (Å²) < 4.78 is 11.7. The molecule has 3 aromatic rings. The third-order valence-electron chi connectivity index (χ3n) is 9.01. The van der Waals surface area contributed by atoms with Crippen molar-refractivity contribution in [2.24, 2.45) is 17.8 Å². The molecule has 6 rings (SSSR count). The summed E-state index contributed by atoms with van der Waals surface area (Å²) in [6, 6.07) is 22.4. The third kappa shape index (κ3) is 5.94. The van der Waals surface area contributed by atoms with Crippen LogP contribution in [0.25, 0.3) is 11.6 Å². The number of rotatable bonds is 9. The quantitative estimate of drug-likeness (QED) is 0.0837. The third-order valence-corrected chi connectivity index (χ3v) is 9.01. The molecule has 11 heteroatoms. The number of nitro benzene ring substituents is 1. The maximum atomic E-state index is 14.0. The van der Waals surface area contributed by atoms with Crippen molar-refractivity contribution in [2.45, 2.75) is 31.7 Å². The molecule has 0 unspecified atom stereocenters. The van der Waals surface area contributed by atoms with Gasteiger partial charge in [0.15, 0.2) is 0 Å². The van der Waals surface area contributed by atoms with Crippen LogP contribution in [-0.4, -0.2) is 53.8 Å². The molecule has 3 aromatic carbocycles. The maximum absolute atomic E-state index is 14.0. The van der Waals surface area contributed by atoms with Gasteiger partial charge in [0.2, 0.25) is 11.8 Å². The number of nitro groups is 1. The average Bonchev–Trinajstić information content (AvgIpc) is 3.29. The van der Waals surface area contributed by atoms with E-state index in [0.717, 1.165) is 27.2 Å². The van der Waals surface area contributed by atoms with Crippen LogP contribution in [0.4, 0.5) is 11.4 Å². The molecule has 3 aliphatic rings. The van der Waals surface area contributed by atoms with Crippen molar-refractivity contribution in [3.63, 3.8) is 0 Å². The number of aromatic hydroxyl groups is 1. The normalized spacial score (nSPS) is 23.3. The zero-order valence-corrected chi connectivity index (χ0v) is 24.7. The van der Waals surface area contributed by atoms with E-state index in [0.29, 0.717) is 18.4 Å². The standard InChI is InChI=1S/C34H33BN2O8/c1-44-20-24-17-27-32(34(40)36(33(27)39)25-11-7-12-26(18-25)37(42)43)28-19-35(41)45-30(31(24)28)15-14-22(21-8-3-2-4-9-21)16-23-10-5-6-13-29(23)38/h2-13,16,18,27-28,30,32,38,41H,14-15,17,19-20H2,1H3/b22-16-/t27-,28+,30-,32-/m1/s1. The highest BCUT2D eigenvalue weighted by molar-refractivity contribution is 6.43. The number of fused-ring (bicyclic) bond motifs is 3. The molecule has 0 saturated carbocycles. The first-order valence-electron chi connectivity index (χ1n) is 15.0. The number of hydrogen-bond donors (Lipinski definition) is 2. The molecule has 4 atom stereocenters. The van der Waals surface area contributed by atoms with E-state index in [-0.39, 0.29) is 36.5 Å². The van der Waals surface area contributed by atoms with Crippen molar-refractivity contribution >= 4 is 42.0 Å². The Balaban J connectivity index is 1.33. The molecule has 2 heterocycles. The number of phenolic OH excluding ortho intramolecular Hbond substituents is 1. The molecule has 0 spiro atoms. The number of anilines is 1. The van der Waals surface area contributed by atoms with Gasteiger partial charge in [-0.15, -0.1) is 0 Å². The first-order chi connectivity index (χ1) is 21.8. The summed E-state index contributed by atoms with van der Waals surface area (Å²) in [5.41, 5.74) is 4.31. The minimum Gasteiger partial charge on any atom is -0.507 e. The lowest BCUT2D eigenvalue weighted by Gasteiger charge is -2.43. The van der Waals surface area contributed by atoms with Crippen LogP contribution in [0.2, 0.25) is 6.32 Å². The second-order valence-corrected chi connectivity index (χ2v) is 11.7.